The van der Waals surface area contributed by atoms with E-state index in [1.807, 2.05) is 6.07 Å². The number of anilines is 1. The SMILES string of the molecule is CC(Nc1nc2ccc(C#N)cc2[nH]1)C(=O)O. The van der Waals surface area contributed by atoms with Crippen LogP contribution in [0.25, 0.3) is 11.0 Å². The van der Waals surface area contributed by atoms with Gasteiger partial charge in [0.15, 0.2) is 0 Å². The summed E-state index contributed by atoms with van der Waals surface area (Å²) >= 11 is 0. The van der Waals surface area contributed by atoms with Gasteiger partial charge in [-0.25, -0.2) is 4.98 Å². The number of imidazole rings is 1. The molecule has 1 atom stereocenters. The van der Waals surface area contributed by atoms with Gasteiger partial charge in [0.25, 0.3) is 0 Å². The smallest absolute Gasteiger partial charge is 0.325 e. The van der Waals surface area contributed by atoms with Crippen LogP contribution in [0.5, 0.6) is 0 Å². The molecule has 6 heteroatoms. The largest absolute Gasteiger partial charge is 0.480 e. The third kappa shape index (κ3) is 2.18. The quantitative estimate of drug-likeness (QED) is 0.738. The number of nitrogens with zero attached hydrogens (tertiary/aromatic N) is 2. The van der Waals surface area contributed by atoms with E-state index in [0.717, 1.165) is 0 Å². The summed E-state index contributed by atoms with van der Waals surface area (Å²) < 4.78 is 0. The van der Waals surface area contributed by atoms with Crippen LogP contribution < -0.4 is 5.32 Å². The van der Waals surface area contributed by atoms with Crippen LogP contribution in [0.3, 0.4) is 0 Å². The van der Waals surface area contributed by atoms with Crippen LogP contribution in [0.2, 0.25) is 0 Å². The maximum atomic E-state index is 10.7. The van der Waals surface area contributed by atoms with Crippen LogP contribution in [0, 0.1) is 11.3 Å². The van der Waals surface area contributed by atoms with Crippen molar-refractivity contribution < 1.29 is 9.90 Å². The lowest BCUT2D eigenvalue weighted by Crippen LogP contribution is -2.25. The number of aliphatic carboxylic acids is 1. The first kappa shape index (κ1) is 11.0. The van der Waals surface area contributed by atoms with Crippen LogP contribution in [0.15, 0.2) is 18.2 Å². The molecule has 0 radical (unpaired) electrons. The molecule has 2 aromatic rings. The summed E-state index contributed by atoms with van der Waals surface area (Å²) in [6.45, 7) is 1.52. The Bertz CT molecular complexity index is 611. The lowest BCUT2D eigenvalue weighted by Gasteiger charge is -2.06. The van der Waals surface area contributed by atoms with E-state index in [1.54, 1.807) is 18.2 Å². The number of carbonyl (C=O) groups is 1. The van der Waals surface area contributed by atoms with Crippen molar-refractivity contribution in [1.82, 2.24) is 9.97 Å². The fourth-order valence-electron chi connectivity index (χ4n) is 1.41. The highest BCUT2D eigenvalue weighted by Gasteiger charge is 2.12. The highest BCUT2D eigenvalue weighted by atomic mass is 16.4. The Labute approximate surface area is 96.9 Å². The minimum absolute atomic E-state index is 0.380. The number of H-pyrrole nitrogens is 1. The Morgan fingerprint density at radius 1 is 1.65 bits per heavy atom. The van der Waals surface area contributed by atoms with Crippen LogP contribution >= 0.6 is 0 Å². The molecule has 2 rings (SSSR count). The fraction of sp³-hybridized carbons (Fsp3) is 0.182. The number of aromatic nitrogens is 2. The number of nitriles is 1. The van der Waals surface area contributed by atoms with Gasteiger partial charge in [0, 0.05) is 0 Å². The highest BCUT2D eigenvalue weighted by molar-refractivity contribution is 5.81. The Hall–Kier alpha value is -2.55. The van der Waals surface area contributed by atoms with Gasteiger partial charge >= 0.3 is 5.97 Å². The molecule has 1 aromatic heterocycles. The predicted octanol–water partition coefficient (Wildman–Crippen LogP) is 1.32. The van der Waals surface area contributed by atoms with E-state index in [9.17, 15) is 4.79 Å². The molecule has 0 saturated heterocycles. The number of carboxylic acids is 1. The standard InChI is InChI=1S/C11H10N4O2/c1-6(10(16)17)13-11-14-8-3-2-7(5-12)4-9(8)15-11/h2-4,6H,1H3,(H,16,17)(H2,13,14,15). The lowest BCUT2D eigenvalue weighted by atomic mass is 10.2. The van der Waals surface area contributed by atoms with Gasteiger partial charge in [-0.2, -0.15) is 5.26 Å². The predicted molar refractivity (Wildman–Crippen MR) is 61.5 cm³/mol. The van der Waals surface area contributed by atoms with Gasteiger partial charge in [-0.1, -0.05) is 0 Å². The molecule has 6 nitrogen and oxygen atoms in total. The van der Waals surface area contributed by atoms with Crippen LogP contribution in [0.1, 0.15) is 12.5 Å². The number of carboxylic acid groups (broad SMARTS) is 1. The van der Waals surface area contributed by atoms with Crippen LogP contribution in [-0.2, 0) is 4.79 Å². The molecular weight excluding hydrogens is 220 g/mol. The summed E-state index contributed by atoms with van der Waals surface area (Å²) in [4.78, 5) is 17.8. The Morgan fingerprint density at radius 3 is 3.06 bits per heavy atom. The van der Waals surface area contributed by atoms with Crippen molar-refractivity contribution >= 4 is 23.0 Å². The molecular formula is C11H10N4O2. The molecule has 0 aliphatic carbocycles. The molecule has 0 fully saturated rings. The van der Waals surface area contributed by atoms with Gasteiger partial charge < -0.3 is 15.4 Å². The zero-order valence-electron chi connectivity index (χ0n) is 9.06. The summed E-state index contributed by atoms with van der Waals surface area (Å²) in [6, 6.07) is 6.33. The molecule has 1 aromatic carbocycles. The van der Waals surface area contributed by atoms with E-state index < -0.39 is 12.0 Å². The first-order valence-corrected chi connectivity index (χ1v) is 4.99. The normalized spacial score (nSPS) is 12.0. The van der Waals surface area contributed by atoms with E-state index in [1.165, 1.54) is 6.92 Å². The number of hydrogen-bond acceptors (Lipinski definition) is 4. The summed E-state index contributed by atoms with van der Waals surface area (Å²) in [7, 11) is 0. The van der Waals surface area contributed by atoms with Gasteiger partial charge in [0.05, 0.1) is 22.7 Å². The number of aromatic amines is 1. The van der Waals surface area contributed by atoms with E-state index in [0.29, 0.717) is 22.5 Å². The van der Waals surface area contributed by atoms with Crippen molar-refractivity contribution in [2.24, 2.45) is 0 Å². The van der Waals surface area contributed by atoms with Crippen molar-refractivity contribution in [1.29, 1.82) is 5.26 Å². The summed E-state index contributed by atoms with van der Waals surface area (Å²) in [6.07, 6.45) is 0. The molecule has 0 aliphatic heterocycles. The molecule has 17 heavy (non-hydrogen) atoms. The number of fused-ring (bicyclic) bond motifs is 1. The van der Waals surface area contributed by atoms with Gasteiger partial charge in [-0.3, -0.25) is 4.79 Å². The number of benzene rings is 1. The van der Waals surface area contributed by atoms with Crippen molar-refractivity contribution in [2.45, 2.75) is 13.0 Å². The molecule has 1 unspecified atom stereocenters. The highest BCUT2D eigenvalue weighted by Crippen LogP contribution is 2.16. The second-order valence-electron chi connectivity index (χ2n) is 3.63. The van der Waals surface area contributed by atoms with Crippen LogP contribution in [-0.4, -0.2) is 27.1 Å². The third-order valence-electron chi connectivity index (χ3n) is 2.33. The first-order chi connectivity index (χ1) is 8.10. The zero-order valence-corrected chi connectivity index (χ0v) is 9.06. The molecule has 0 amide bonds. The van der Waals surface area contributed by atoms with E-state index in [2.05, 4.69) is 15.3 Å². The average Bonchev–Trinajstić information content (AvgIpc) is 2.69. The monoisotopic (exact) mass is 230 g/mol. The number of hydrogen-bond donors (Lipinski definition) is 3. The van der Waals surface area contributed by atoms with Gasteiger partial charge in [-0.05, 0) is 25.1 Å². The molecule has 3 N–H and O–H groups in total. The second kappa shape index (κ2) is 4.14. The molecule has 0 saturated carbocycles. The second-order valence-corrected chi connectivity index (χ2v) is 3.63. The van der Waals surface area contributed by atoms with E-state index in [-0.39, 0.29) is 0 Å². The molecule has 0 bridgehead atoms. The summed E-state index contributed by atoms with van der Waals surface area (Å²) in [5, 5.41) is 20.2. The topological polar surface area (TPSA) is 102 Å². The van der Waals surface area contributed by atoms with Crippen molar-refractivity contribution in [3.63, 3.8) is 0 Å². The molecule has 1 heterocycles. The first-order valence-electron chi connectivity index (χ1n) is 4.99. The average molecular weight is 230 g/mol. The minimum Gasteiger partial charge on any atom is -0.480 e. The molecule has 0 spiro atoms. The van der Waals surface area contributed by atoms with Gasteiger partial charge in [0.2, 0.25) is 5.95 Å². The lowest BCUT2D eigenvalue weighted by molar-refractivity contribution is -0.137. The minimum atomic E-state index is -0.955. The number of nitrogens with one attached hydrogen (secondary N) is 2. The maximum Gasteiger partial charge on any atom is 0.325 e. The fourth-order valence-corrected chi connectivity index (χ4v) is 1.41. The van der Waals surface area contributed by atoms with Crippen molar-refractivity contribution in [2.75, 3.05) is 5.32 Å². The summed E-state index contributed by atoms with van der Waals surface area (Å²) in [5.41, 5.74) is 1.91. The van der Waals surface area contributed by atoms with Gasteiger partial charge in [0.1, 0.15) is 6.04 Å². The van der Waals surface area contributed by atoms with Crippen LogP contribution in [0.4, 0.5) is 5.95 Å². The third-order valence-corrected chi connectivity index (χ3v) is 2.33. The molecule has 0 aliphatic rings. The maximum absolute atomic E-state index is 10.7. The summed E-state index contributed by atoms with van der Waals surface area (Å²) in [5.74, 6) is -0.576. The Kier molecular flexibility index (Phi) is 2.66. The number of rotatable bonds is 3. The van der Waals surface area contributed by atoms with Crippen molar-refractivity contribution in [3.8, 4) is 6.07 Å². The van der Waals surface area contributed by atoms with E-state index in [4.69, 9.17) is 10.4 Å². The van der Waals surface area contributed by atoms with Gasteiger partial charge in [-0.15, -0.1) is 0 Å². The zero-order chi connectivity index (χ0) is 12.4. The Balaban J connectivity index is 2.32. The molecule has 86 valence electrons. The van der Waals surface area contributed by atoms with E-state index >= 15 is 0 Å². The van der Waals surface area contributed by atoms with Crippen molar-refractivity contribution in [3.05, 3.63) is 23.8 Å². The Morgan fingerprint density at radius 2 is 2.41 bits per heavy atom.